The zero-order chi connectivity index (χ0) is 12.3. The molecule has 0 saturated carbocycles. The summed E-state index contributed by atoms with van der Waals surface area (Å²) in [5.74, 6) is -0.287. The number of fused-ring (bicyclic) bond motifs is 1. The van der Waals surface area contributed by atoms with Gasteiger partial charge >= 0.3 is 0 Å². The third-order valence-electron chi connectivity index (χ3n) is 2.64. The molecule has 1 heterocycles. The van der Waals surface area contributed by atoms with Crippen LogP contribution in [0.2, 0.25) is 0 Å². The minimum absolute atomic E-state index is 0.0332. The molecule has 0 amide bonds. The Morgan fingerprint density at radius 2 is 2.29 bits per heavy atom. The lowest BCUT2D eigenvalue weighted by Gasteiger charge is -1.93. The molecule has 0 aliphatic heterocycles. The van der Waals surface area contributed by atoms with Crippen LogP contribution in [-0.2, 0) is 0 Å². The predicted octanol–water partition coefficient (Wildman–Crippen LogP) is 3.23. The first-order valence-electron chi connectivity index (χ1n) is 5.72. The smallest absolute Gasteiger partial charge is 0.198 e. The molecule has 4 heteroatoms. The highest BCUT2D eigenvalue weighted by Crippen LogP contribution is 2.26. The fraction of sp³-hybridized carbons (Fsp3) is 0.308. The van der Waals surface area contributed by atoms with Crippen LogP contribution in [0.1, 0.15) is 25.3 Å². The first-order chi connectivity index (χ1) is 8.22. The van der Waals surface area contributed by atoms with Crippen LogP contribution in [0.3, 0.4) is 0 Å². The van der Waals surface area contributed by atoms with Gasteiger partial charge in [-0.3, -0.25) is 4.99 Å². The standard InChI is InChI=1S/C13H15FN2O/c1-2-3-6-15-8-11-10-7-9(14)4-5-12(10)16-13(11)17/h4-5,7-8,16-17H,2-3,6H2,1H3. The number of rotatable bonds is 4. The number of nitrogens with zero attached hydrogens (tertiary/aromatic N) is 1. The second kappa shape index (κ2) is 4.99. The molecule has 0 aliphatic rings. The molecule has 90 valence electrons. The van der Waals surface area contributed by atoms with Gasteiger partial charge in [0.25, 0.3) is 0 Å². The van der Waals surface area contributed by atoms with E-state index in [1.807, 2.05) is 0 Å². The van der Waals surface area contributed by atoms with E-state index >= 15 is 0 Å². The molecule has 2 rings (SSSR count). The van der Waals surface area contributed by atoms with Gasteiger partial charge in [-0.1, -0.05) is 13.3 Å². The highest BCUT2D eigenvalue weighted by molar-refractivity contribution is 6.01. The Kier molecular flexibility index (Phi) is 3.42. The maximum atomic E-state index is 13.1. The van der Waals surface area contributed by atoms with Crippen molar-refractivity contribution in [3.8, 4) is 5.88 Å². The van der Waals surface area contributed by atoms with E-state index in [4.69, 9.17) is 0 Å². The molecule has 0 spiro atoms. The maximum Gasteiger partial charge on any atom is 0.198 e. The zero-order valence-corrected chi connectivity index (χ0v) is 9.70. The van der Waals surface area contributed by atoms with Gasteiger partial charge < -0.3 is 10.1 Å². The number of halogens is 1. The van der Waals surface area contributed by atoms with E-state index in [9.17, 15) is 9.50 Å². The van der Waals surface area contributed by atoms with Crippen LogP contribution in [0.5, 0.6) is 5.88 Å². The second-order valence-electron chi connectivity index (χ2n) is 3.97. The molecule has 0 aliphatic carbocycles. The summed E-state index contributed by atoms with van der Waals surface area (Å²) < 4.78 is 13.1. The van der Waals surface area contributed by atoms with Crippen molar-refractivity contribution in [2.45, 2.75) is 19.8 Å². The summed E-state index contributed by atoms with van der Waals surface area (Å²) in [7, 11) is 0. The lowest BCUT2D eigenvalue weighted by molar-refractivity contribution is 0.457. The average Bonchev–Trinajstić information content (AvgIpc) is 2.61. The Morgan fingerprint density at radius 3 is 3.06 bits per heavy atom. The number of nitrogens with one attached hydrogen (secondary N) is 1. The quantitative estimate of drug-likeness (QED) is 0.619. The predicted molar refractivity (Wildman–Crippen MR) is 67.3 cm³/mol. The summed E-state index contributed by atoms with van der Waals surface area (Å²) >= 11 is 0. The van der Waals surface area contributed by atoms with E-state index in [-0.39, 0.29) is 11.7 Å². The average molecular weight is 234 g/mol. The van der Waals surface area contributed by atoms with E-state index in [2.05, 4.69) is 16.9 Å². The number of hydrogen-bond acceptors (Lipinski definition) is 2. The number of unbranched alkanes of at least 4 members (excludes halogenated alkanes) is 1. The molecule has 0 atom stereocenters. The van der Waals surface area contributed by atoms with E-state index in [0.29, 0.717) is 16.5 Å². The molecule has 2 N–H and O–H groups in total. The van der Waals surface area contributed by atoms with E-state index < -0.39 is 0 Å². The Labute approximate surface area is 99.0 Å². The molecule has 17 heavy (non-hydrogen) atoms. The minimum Gasteiger partial charge on any atom is -0.494 e. The summed E-state index contributed by atoms with van der Waals surface area (Å²) in [5, 5.41) is 10.4. The van der Waals surface area contributed by atoms with Crippen molar-refractivity contribution in [1.29, 1.82) is 0 Å². The van der Waals surface area contributed by atoms with Gasteiger partial charge in [0.05, 0.1) is 5.56 Å². The highest BCUT2D eigenvalue weighted by atomic mass is 19.1. The Bertz CT molecular complexity index is 546. The molecular weight excluding hydrogens is 219 g/mol. The Morgan fingerprint density at radius 1 is 1.47 bits per heavy atom. The van der Waals surface area contributed by atoms with Crippen LogP contribution in [0.15, 0.2) is 23.2 Å². The van der Waals surface area contributed by atoms with Crippen LogP contribution in [0.25, 0.3) is 10.9 Å². The fourth-order valence-corrected chi connectivity index (χ4v) is 1.71. The minimum atomic E-state index is -0.320. The summed E-state index contributed by atoms with van der Waals surface area (Å²) in [6.07, 6.45) is 3.68. The molecule has 1 aromatic heterocycles. The molecule has 3 nitrogen and oxygen atoms in total. The van der Waals surface area contributed by atoms with Gasteiger partial charge in [-0.2, -0.15) is 0 Å². The summed E-state index contributed by atoms with van der Waals surface area (Å²) in [6, 6.07) is 4.36. The van der Waals surface area contributed by atoms with Crippen molar-refractivity contribution in [1.82, 2.24) is 4.98 Å². The Balaban J connectivity index is 2.35. The van der Waals surface area contributed by atoms with Gasteiger partial charge in [-0.15, -0.1) is 0 Å². The van der Waals surface area contributed by atoms with Crippen molar-refractivity contribution >= 4 is 17.1 Å². The van der Waals surface area contributed by atoms with Crippen LogP contribution >= 0.6 is 0 Å². The fourth-order valence-electron chi connectivity index (χ4n) is 1.71. The third-order valence-corrected chi connectivity index (χ3v) is 2.64. The topological polar surface area (TPSA) is 48.4 Å². The molecule has 0 radical (unpaired) electrons. The summed E-state index contributed by atoms with van der Waals surface area (Å²) in [5.41, 5.74) is 1.26. The number of aromatic amines is 1. The maximum absolute atomic E-state index is 13.1. The van der Waals surface area contributed by atoms with E-state index in [1.54, 1.807) is 12.3 Å². The molecule has 2 aromatic rings. The largest absolute Gasteiger partial charge is 0.494 e. The number of benzene rings is 1. The van der Waals surface area contributed by atoms with E-state index in [0.717, 1.165) is 19.4 Å². The number of aromatic nitrogens is 1. The van der Waals surface area contributed by atoms with Gasteiger partial charge in [0.15, 0.2) is 5.88 Å². The lowest BCUT2D eigenvalue weighted by atomic mass is 10.2. The second-order valence-corrected chi connectivity index (χ2v) is 3.97. The third kappa shape index (κ3) is 2.46. The van der Waals surface area contributed by atoms with E-state index in [1.165, 1.54) is 12.1 Å². The molecule has 0 fully saturated rings. The first-order valence-corrected chi connectivity index (χ1v) is 5.72. The highest BCUT2D eigenvalue weighted by Gasteiger charge is 2.09. The van der Waals surface area contributed by atoms with Crippen molar-refractivity contribution in [2.75, 3.05) is 6.54 Å². The van der Waals surface area contributed by atoms with Gasteiger partial charge in [-0.25, -0.2) is 4.39 Å². The molecular formula is C13H15FN2O. The number of hydrogen-bond donors (Lipinski definition) is 2. The molecule has 0 unspecified atom stereocenters. The molecule has 0 bridgehead atoms. The van der Waals surface area contributed by atoms with Crippen LogP contribution in [-0.4, -0.2) is 22.8 Å². The molecule has 0 saturated heterocycles. The van der Waals surface area contributed by atoms with Crippen molar-refractivity contribution < 1.29 is 9.50 Å². The van der Waals surface area contributed by atoms with Crippen LogP contribution in [0.4, 0.5) is 4.39 Å². The van der Waals surface area contributed by atoms with Crippen molar-refractivity contribution in [2.24, 2.45) is 4.99 Å². The van der Waals surface area contributed by atoms with Gasteiger partial charge in [0.2, 0.25) is 0 Å². The van der Waals surface area contributed by atoms with Gasteiger partial charge in [-0.05, 0) is 24.6 Å². The normalized spacial score (nSPS) is 11.6. The first kappa shape index (κ1) is 11.6. The lowest BCUT2D eigenvalue weighted by Crippen LogP contribution is -1.84. The Hall–Kier alpha value is -1.84. The SMILES string of the molecule is CCCCN=Cc1c(O)[nH]c2ccc(F)cc12. The number of aliphatic imine (C=N–C) groups is 1. The van der Waals surface area contributed by atoms with Crippen LogP contribution < -0.4 is 0 Å². The number of aromatic hydroxyl groups is 1. The van der Waals surface area contributed by atoms with Crippen molar-refractivity contribution in [3.63, 3.8) is 0 Å². The van der Waals surface area contributed by atoms with Crippen LogP contribution in [0, 0.1) is 5.82 Å². The number of H-pyrrole nitrogens is 1. The summed E-state index contributed by atoms with van der Waals surface area (Å²) in [4.78, 5) is 7.01. The molecule has 1 aromatic carbocycles. The van der Waals surface area contributed by atoms with Gasteiger partial charge in [0.1, 0.15) is 5.82 Å². The zero-order valence-electron chi connectivity index (χ0n) is 9.70. The summed E-state index contributed by atoms with van der Waals surface area (Å²) in [6.45, 7) is 2.81. The van der Waals surface area contributed by atoms with Crippen molar-refractivity contribution in [3.05, 3.63) is 29.6 Å². The van der Waals surface area contributed by atoms with Gasteiger partial charge in [0, 0.05) is 23.7 Å². The monoisotopic (exact) mass is 234 g/mol.